The Hall–Kier alpha value is -2.34. The number of hydrogen-bond acceptors (Lipinski definition) is 4. The fourth-order valence-electron chi connectivity index (χ4n) is 4.72. The average molecular weight is 587 g/mol. The maximum atomic E-state index is 10.8. The minimum Gasteiger partial charge on any atom is -0.507 e. The predicted molar refractivity (Wildman–Crippen MR) is 150 cm³/mol. The highest BCUT2D eigenvalue weighted by Gasteiger charge is 2.23. The van der Waals surface area contributed by atoms with Gasteiger partial charge in [0.05, 0.1) is 3.57 Å². The molecule has 0 unspecified atom stereocenters. The second-order valence-electron chi connectivity index (χ2n) is 8.87. The molecule has 0 aromatic heterocycles. The number of hydrogen-bond donors (Lipinski definition) is 2. The van der Waals surface area contributed by atoms with Crippen molar-refractivity contribution in [1.29, 1.82) is 0 Å². The van der Waals surface area contributed by atoms with Crippen LogP contribution in [0.25, 0.3) is 6.08 Å². The number of halogens is 1. The van der Waals surface area contributed by atoms with Gasteiger partial charge in [0.1, 0.15) is 5.75 Å². The normalized spacial score (nSPS) is 14.9. The lowest BCUT2D eigenvalue weighted by Crippen LogP contribution is -2.44. The minimum atomic E-state index is -0.953. The summed E-state index contributed by atoms with van der Waals surface area (Å²) in [4.78, 5) is 15.8. The lowest BCUT2D eigenvalue weighted by atomic mass is 10.0. The number of nitrogens with zero attached hydrogens (tertiary/aromatic N) is 2. The summed E-state index contributed by atoms with van der Waals surface area (Å²) in [7, 11) is 0. The van der Waals surface area contributed by atoms with E-state index in [1.807, 2.05) is 36.4 Å². The Bertz CT molecular complexity index is 1090. The van der Waals surface area contributed by atoms with Crippen molar-refractivity contribution in [2.75, 3.05) is 26.2 Å². The third kappa shape index (κ3) is 8.09. The highest BCUT2D eigenvalue weighted by atomic mass is 127. The Balaban J connectivity index is 1.62. The summed E-state index contributed by atoms with van der Waals surface area (Å²) < 4.78 is 0.826. The quantitative estimate of drug-likeness (QED) is 0.235. The third-order valence-corrected chi connectivity index (χ3v) is 7.46. The molecule has 2 N–H and O–H groups in total. The van der Waals surface area contributed by atoms with Gasteiger partial charge < -0.3 is 15.1 Å². The number of benzene rings is 2. The van der Waals surface area contributed by atoms with Gasteiger partial charge in [0.15, 0.2) is 0 Å². The molecule has 0 spiro atoms. The fraction of sp³-hybridized carbons (Fsp3) is 0.414. The van der Waals surface area contributed by atoms with E-state index in [1.165, 1.54) is 12.8 Å². The van der Waals surface area contributed by atoms with Gasteiger partial charge in [0, 0.05) is 36.2 Å². The van der Waals surface area contributed by atoms with Crippen molar-refractivity contribution in [2.45, 2.75) is 52.1 Å². The van der Waals surface area contributed by atoms with Crippen LogP contribution in [0.4, 0.5) is 0 Å². The summed E-state index contributed by atoms with van der Waals surface area (Å²) >= 11 is 2.18. The number of rotatable bonds is 9. The van der Waals surface area contributed by atoms with Gasteiger partial charge in [-0.2, -0.15) is 0 Å². The highest BCUT2D eigenvalue weighted by molar-refractivity contribution is 14.1. The lowest BCUT2D eigenvalue weighted by Gasteiger charge is -2.37. The monoisotopic (exact) mass is 586 g/mol. The van der Waals surface area contributed by atoms with Crippen molar-refractivity contribution in [3.63, 3.8) is 0 Å². The highest BCUT2D eigenvalue weighted by Crippen LogP contribution is 2.28. The molecule has 0 bridgehead atoms. The van der Waals surface area contributed by atoms with E-state index in [9.17, 15) is 9.90 Å². The molecule has 2 aromatic rings. The summed E-state index contributed by atoms with van der Waals surface area (Å²) in [5.74, 6) is 5.93. The van der Waals surface area contributed by atoms with Gasteiger partial charge in [0.25, 0.3) is 0 Å². The molecule has 35 heavy (non-hydrogen) atoms. The second-order valence-corrected chi connectivity index (χ2v) is 10.0. The summed E-state index contributed by atoms with van der Waals surface area (Å²) in [5.41, 5.74) is 3.84. The number of carboxylic acid groups (broad SMARTS) is 1. The van der Waals surface area contributed by atoms with Crippen molar-refractivity contribution in [3.05, 3.63) is 68.3 Å². The molecule has 1 saturated heterocycles. The average Bonchev–Trinajstić information content (AvgIpc) is 2.85. The Labute approximate surface area is 223 Å². The maximum Gasteiger partial charge on any atom is 0.328 e. The van der Waals surface area contributed by atoms with E-state index in [0.717, 1.165) is 71.0 Å². The van der Waals surface area contributed by atoms with Crippen LogP contribution in [0.2, 0.25) is 0 Å². The van der Waals surface area contributed by atoms with Gasteiger partial charge in [-0.15, -0.1) is 0 Å². The first-order chi connectivity index (χ1) is 16.9. The summed E-state index contributed by atoms with van der Waals surface area (Å²) in [6.45, 7) is 9.50. The molecule has 5 nitrogen and oxygen atoms in total. The molecule has 1 aliphatic rings. The Morgan fingerprint density at radius 2 is 1.89 bits per heavy atom. The number of carbonyl (C=O) groups is 1. The molecule has 1 fully saturated rings. The van der Waals surface area contributed by atoms with Crippen LogP contribution in [0.15, 0.2) is 42.5 Å². The molecule has 0 radical (unpaired) electrons. The first-order valence-electron chi connectivity index (χ1n) is 12.4. The molecule has 2 aromatic carbocycles. The number of aryl methyl sites for hydroxylation is 1. The summed E-state index contributed by atoms with van der Waals surface area (Å²) in [6.07, 6.45) is 6.55. The number of aromatic hydroxyl groups is 1. The molecule has 1 heterocycles. The van der Waals surface area contributed by atoms with E-state index in [1.54, 1.807) is 6.08 Å². The zero-order valence-electron chi connectivity index (χ0n) is 20.6. The zero-order valence-corrected chi connectivity index (χ0v) is 22.8. The topological polar surface area (TPSA) is 64.0 Å². The summed E-state index contributed by atoms with van der Waals surface area (Å²) in [5, 5.41) is 19.6. The van der Waals surface area contributed by atoms with Gasteiger partial charge >= 0.3 is 5.97 Å². The Morgan fingerprint density at radius 3 is 2.57 bits per heavy atom. The SMILES string of the molecule is CCN(CC)C1CCN(Cc2cc(C#CCCc3ccccc3/C=C/C(=O)O)cc(I)c2O)CC1. The molecule has 6 heteroatoms. The van der Waals surface area contributed by atoms with Crippen LogP contribution in [0.5, 0.6) is 5.75 Å². The first kappa shape index (κ1) is 27.3. The van der Waals surface area contributed by atoms with Crippen molar-refractivity contribution in [2.24, 2.45) is 0 Å². The molecule has 0 aliphatic carbocycles. The van der Waals surface area contributed by atoms with Crippen LogP contribution in [-0.2, 0) is 17.8 Å². The zero-order chi connectivity index (χ0) is 25.2. The predicted octanol–water partition coefficient (Wildman–Crippen LogP) is 5.39. The van der Waals surface area contributed by atoms with E-state index in [-0.39, 0.29) is 0 Å². The van der Waals surface area contributed by atoms with E-state index in [4.69, 9.17) is 5.11 Å². The van der Waals surface area contributed by atoms with Crippen LogP contribution < -0.4 is 0 Å². The fourth-order valence-corrected chi connectivity index (χ4v) is 5.40. The first-order valence-corrected chi connectivity index (χ1v) is 13.4. The number of likely N-dealkylation sites (tertiary alicyclic amines) is 1. The van der Waals surface area contributed by atoms with Gasteiger partial charge in [-0.25, -0.2) is 4.79 Å². The van der Waals surface area contributed by atoms with Gasteiger partial charge in [-0.05, 0) is 97.4 Å². The van der Waals surface area contributed by atoms with Crippen molar-refractivity contribution < 1.29 is 15.0 Å². The van der Waals surface area contributed by atoms with Crippen molar-refractivity contribution in [1.82, 2.24) is 9.80 Å². The van der Waals surface area contributed by atoms with Gasteiger partial charge in [0.2, 0.25) is 0 Å². The van der Waals surface area contributed by atoms with Gasteiger partial charge in [-0.1, -0.05) is 50.0 Å². The number of piperidine rings is 1. The van der Waals surface area contributed by atoms with E-state index in [2.05, 4.69) is 58.1 Å². The molecular weight excluding hydrogens is 551 g/mol. The van der Waals surface area contributed by atoms with E-state index >= 15 is 0 Å². The van der Waals surface area contributed by atoms with Crippen LogP contribution in [-0.4, -0.2) is 58.2 Å². The maximum absolute atomic E-state index is 10.8. The Kier molecular flexibility index (Phi) is 10.6. The standard InChI is InChI=1S/C29H35IN2O3/c1-3-32(4-2)26-15-17-31(18-16-26)21-25-19-22(20-27(30)29(25)35)9-5-6-10-23-11-7-8-12-24(23)13-14-28(33)34/h7-8,11-14,19-20,26,35H,3-4,6,10,15-18,21H2,1-2H3,(H,33,34)/b14-13+. The number of aliphatic carboxylic acids is 1. The molecule has 1 aliphatic heterocycles. The molecule has 0 atom stereocenters. The second kappa shape index (κ2) is 13.7. The van der Waals surface area contributed by atoms with Crippen LogP contribution in [0.3, 0.4) is 0 Å². The molecule has 186 valence electrons. The van der Waals surface area contributed by atoms with Crippen molar-refractivity contribution >= 4 is 34.6 Å². The van der Waals surface area contributed by atoms with Crippen LogP contribution in [0, 0.1) is 15.4 Å². The Morgan fingerprint density at radius 1 is 1.17 bits per heavy atom. The summed E-state index contributed by atoms with van der Waals surface area (Å²) in [6, 6.07) is 12.4. The van der Waals surface area contributed by atoms with Gasteiger partial charge in [-0.3, -0.25) is 4.90 Å². The number of phenolic OH excluding ortho intramolecular Hbond substituents is 1. The minimum absolute atomic E-state index is 0.362. The van der Waals surface area contributed by atoms with Crippen LogP contribution in [0.1, 0.15) is 55.4 Å². The molecule has 0 amide bonds. The van der Waals surface area contributed by atoms with Crippen molar-refractivity contribution in [3.8, 4) is 17.6 Å². The smallest absolute Gasteiger partial charge is 0.328 e. The number of phenols is 1. The third-order valence-electron chi connectivity index (χ3n) is 6.63. The number of carboxylic acids is 1. The lowest BCUT2D eigenvalue weighted by molar-refractivity contribution is -0.131. The molecule has 3 rings (SSSR count). The molecular formula is C29H35IN2O3. The van der Waals surface area contributed by atoms with E-state index in [0.29, 0.717) is 18.2 Å². The van der Waals surface area contributed by atoms with Crippen LogP contribution >= 0.6 is 22.6 Å². The largest absolute Gasteiger partial charge is 0.507 e. The molecule has 0 saturated carbocycles. The van der Waals surface area contributed by atoms with E-state index < -0.39 is 5.97 Å².